The highest BCUT2D eigenvalue weighted by atomic mass is 16.5. The number of hydrogen-bond donors (Lipinski definition) is 3. The smallest absolute Gasteiger partial charge is 0.191 e. The highest BCUT2D eigenvalue weighted by Gasteiger charge is 2.34. The Morgan fingerprint density at radius 2 is 1.82 bits per heavy atom. The average Bonchev–Trinajstić information content (AvgIpc) is 3.25. The first-order valence-corrected chi connectivity index (χ1v) is 10.2. The molecule has 152 valence electrons. The number of guanidine groups is 1. The van der Waals surface area contributed by atoms with Crippen LogP contribution in [0.4, 0.5) is 0 Å². The Morgan fingerprint density at radius 1 is 1.11 bits per heavy atom. The lowest BCUT2D eigenvalue weighted by molar-refractivity contribution is 0.0355. The van der Waals surface area contributed by atoms with Gasteiger partial charge in [0.25, 0.3) is 0 Å². The Hall–Kier alpha value is -2.31. The normalized spacial score (nSPS) is 17.9. The zero-order chi connectivity index (χ0) is 19.7. The quantitative estimate of drug-likeness (QED) is 0.484. The third kappa shape index (κ3) is 5.84. The van der Waals surface area contributed by atoms with Crippen molar-refractivity contribution in [3.63, 3.8) is 0 Å². The van der Waals surface area contributed by atoms with Gasteiger partial charge in [-0.3, -0.25) is 4.99 Å². The molecule has 1 aromatic carbocycles. The van der Waals surface area contributed by atoms with Crippen LogP contribution in [0.5, 0.6) is 0 Å². The highest BCUT2D eigenvalue weighted by Crippen LogP contribution is 2.25. The van der Waals surface area contributed by atoms with Crippen LogP contribution >= 0.6 is 0 Å². The van der Waals surface area contributed by atoms with Crippen molar-refractivity contribution < 1.29 is 4.74 Å². The summed E-state index contributed by atoms with van der Waals surface area (Å²) in [6.45, 7) is 6.37. The highest BCUT2D eigenvalue weighted by molar-refractivity contribution is 5.79. The Kier molecular flexibility index (Phi) is 7.51. The van der Waals surface area contributed by atoms with E-state index in [0.29, 0.717) is 0 Å². The van der Waals surface area contributed by atoms with Gasteiger partial charge in [-0.05, 0) is 37.5 Å². The molecule has 6 nitrogen and oxygen atoms in total. The molecule has 6 heteroatoms. The number of nitrogens with zero attached hydrogens (tertiary/aromatic N) is 2. The Labute approximate surface area is 168 Å². The molecule has 3 rings (SSSR count). The first kappa shape index (κ1) is 20.4. The lowest BCUT2D eigenvalue weighted by atomic mass is 9.88. The summed E-state index contributed by atoms with van der Waals surface area (Å²) in [4.78, 5) is 4.39. The number of nitrogens with one attached hydrogen (secondary N) is 3. The van der Waals surface area contributed by atoms with Crippen LogP contribution in [0.2, 0.25) is 0 Å². The van der Waals surface area contributed by atoms with Gasteiger partial charge in [-0.15, -0.1) is 0 Å². The predicted octanol–water partition coefficient (Wildman–Crippen LogP) is 2.55. The van der Waals surface area contributed by atoms with Crippen LogP contribution in [0.3, 0.4) is 0 Å². The largest absolute Gasteiger partial charge is 0.381 e. The summed E-state index contributed by atoms with van der Waals surface area (Å²) in [5.41, 5.74) is 1.30. The fourth-order valence-electron chi connectivity index (χ4n) is 3.71. The van der Waals surface area contributed by atoms with E-state index in [1.807, 2.05) is 19.2 Å². The Morgan fingerprint density at radius 3 is 2.50 bits per heavy atom. The van der Waals surface area contributed by atoms with Crippen LogP contribution in [0.1, 0.15) is 31.4 Å². The van der Waals surface area contributed by atoms with Gasteiger partial charge in [-0.25, -0.2) is 0 Å². The number of aromatic nitrogens is 1. The van der Waals surface area contributed by atoms with Gasteiger partial charge in [0, 0.05) is 63.9 Å². The lowest BCUT2D eigenvalue weighted by Gasteiger charge is -2.41. The van der Waals surface area contributed by atoms with E-state index in [0.717, 1.165) is 51.6 Å². The molecule has 28 heavy (non-hydrogen) atoms. The van der Waals surface area contributed by atoms with E-state index in [4.69, 9.17) is 4.74 Å². The summed E-state index contributed by atoms with van der Waals surface area (Å²) < 4.78 is 7.79. The molecule has 1 aromatic heterocycles. The van der Waals surface area contributed by atoms with E-state index in [1.54, 1.807) is 0 Å². The van der Waals surface area contributed by atoms with Crippen molar-refractivity contribution in [2.45, 2.75) is 37.9 Å². The van der Waals surface area contributed by atoms with Crippen molar-refractivity contribution in [3.8, 4) is 0 Å². The fourth-order valence-corrected chi connectivity index (χ4v) is 3.71. The molecule has 0 spiro atoms. The summed E-state index contributed by atoms with van der Waals surface area (Å²) >= 11 is 0. The third-order valence-electron chi connectivity index (χ3n) is 5.42. The third-order valence-corrected chi connectivity index (χ3v) is 5.42. The minimum absolute atomic E-state index is 0.00838. The topological polar surface area (TPSA) is 62.6 Å². The van der Waals surface area contributed by atoms with E-state index in [-0.39, 0.29) is 11.6 Å². The van der Waals surface area contributed by atoms with Crippen molar-refractivity contribution >= 4 is 5.96 Å². The molecule has 1 saturated heterocycles. The van der Waals surface area contributed by atoms with Gasteiger partial charge >= 0.3 is 0 Å². The second kappa shape index (κ2) is 10.3. The van der Waals surface area contributed by atoms with Gasteiger partial charge in [0.2, 0.25) is 0 Å². The molecular formula is C22H33N5O. The Balaban J connectivity index is 1.55. The summed E-state index contributed by atoms with van der Waals surface area (Å²) in [6.07, 6.45) is 6.11. The van der Waals surface area contributed by atoms with Crippen molar-refractivity contribution in [2.24, 2.45) is 4.99 Å². The van der Waals surface area contributed by atoms with E-state index in [9.17, 15) is 0 Å². The molecule has 2 heterocycles. The van der Waals surface area contributed by atoms with Crippen LogP contribution in [0.25, 0.3) is 0 Å². The Bertz CT molecular complexity index is 708. The second-order valence-electron chi connectivity index (χ2n) is 7.44. The standard InChI is InChI=1S/C22H33N5O/c1-19(20-8-4-3-5-9-20)26-22(10-16-28-17-11-22)18-25-21(23-2)24-12-15-27-13-6-7-14-27/h3-9,13-14,19,26H,10-12,15-18H2,1-2H3,(H2,23,24,25). The summed E-state index contributed by atoms with van der Waals surface area (Å²) in [5, 5.41) is 10.8. The molecule has 1 aliphatic rings. The first-order chi connectivity index (χ1) is 13.7. The summed E-state index contributed by atoms with van der Waals surface area (Å²) in [7, 11) is 1.82. The van der Waals surface area contributed by atoms with E-state index in [2.05, 4.69) is 75.2 Å². The minimum atomic E-state index is -0.00838. The van der Waals surface area contributed by atoms with Gasteiger partial charge in [0.1, 0.15) is 0 Å². The van der Waals surface area contributed by atoms with Crippen LogP contribution in [0.15, 0.2) is 59.9 Å². The monoisotopic (exact) mass is 383 g/mol. The fraction of sp³-hybridized carbons (Fsp3) is 0.500. The number of ether oxygens (including phenoxy) is 1. The number of hydrogen-bond acceptors (Lipinski definition) is 3. The van der Waals surface area contributed by atoms with Gasteiger partial charge in [0.05, 0.1) is 0 Å². The molecule has 1 fully saturated rings. The molecule has 1 aliphatic heterocycles. The number of benzene rings is 1. The zero-order valence-corrected chi connectivity index (χ0v) is 17.0. The van der Waals surface area contributed by atoms with Gasteiger partial charge < -0.3 is 25.3 Å². The maximum atomic E-state index is 5.64. The van der Waals surface area contributed by atoms with Crippen LogP contribution in [-0.4, -0.2) is 49.4 Å². The lowest BCUT2D eigenvalue weighted by Crippen LogP contribution is -2.58. The molecule has 0 radical (unpaired) electrons. The van der Waals surface area contributed by atoms with E-state index >= 15 is 0 Å². The molecule has 0 amide bonds. The van der Waals surface area contributed by atoms with Gasteiger partial charge in [-0.1, -0.05) is 30.3 Å². The number of rotatable bonds is 8. The molecule has 1 unspecified atom stereocenters. The molecule has 0 saturated carbocycles. The maximum Gasteiger partial charge on any atom is 0.191 e. The van der Waals surface area contributed by atoms with Gasteiger partial charge in [-0.2, -0.15) is 0 Å². The molecular weight excluding hydrogens is 350 g/mol. The predicted molar refractivity (Wildman–Crippen MR) is 115 cm³/mol. The maximum absolute atomic E-state index is 5.64. The van der Waals surface area contributed by atoms with Crippen molar-refractivity contribution in [1.82, 2.24) is 20.5 Å². The molecule has 3 N–H and O–H groups in total. The summed E-state index contributed by atoms with van der Waals surface area (Å²) in [6, 6.07) is 15.0. The van der Waals surface area contributed by atoms with Crippen molar-refractivity contribution in [2.75, 3.05) is 33.4 Å². The number of aliphatic imine (C=N–C) groups is 1. The minimum Gasteiger partial charge on any atom is -0.381 e. The van der Waals surface area contributed by atoms with Crippen LogP contribution in [-0.2, 0) is 11.3 Å². The van der Waals surface area contributed by atoms with Crippen LogP contribution in [0, 0.1) is 0 Å². The molecule has 1 atom stereocenters. The van der Waals surface area contributed by atoms with Crippen molar-refractivity contribution in [1.29, 1.82) is 0 Å². The average molecular weight is 384 g/mol. The molecule has 0 bridgehead atoms. The first-order valence-electron chi connectivity index (χ1n) is 10.2. The van der Waals surface area contributed by atoms with Gasteiger partial charge in [0.15, 0.2) is 5.96 Å². The summed E-state index contributed by atoms with van der Waals surface area (Å²) in [5.74, 6) is 0.840. The van der Waals surface area contributed by atoms with Crippen molar-refractivity contribution in [3.05, 3.63) is 60.4 Å². The second-order valence-corrected chi connectivity index (χ2v) is 7.44. The SMILES string of the molecule is CN=C(NCCn1cccc1)NCC1(NC(C)c2ccccc2)CCOCC1. The zero-order valence-electron chi connectivity index (χ0n) is 17.0. The van der Waals surface area contributed by atoms with Crippen LogP contribution < -0.4 is 16.0 Å². The molecule has 0 aliphatic carbocycles. The molecule has 2 aromatic rings. The van der Waals surface area contributed by atoms with E-state index < -0.39 is 0 Å². The van der Waals surface area contributed by atoms with E-state index in [1.165, 1.54) is 5.56 Å².